The van der Waals surface area contributed by atoms with Crippen molar-refractivity contribution in [3.05, 3.63) is 89.8 Å². The minimum Gasteiger partial charge on any atom is -0.492 e. The first-order valence-corrected chi connectivity index (χ1v) is 10.1. The second-order valence-electron chi connectivity index (χ2n) is 7.18. The van der Waals surface area contributed by atoms with Crippen LogP contribution in [0.4, 0.5) is 5.69 Å². The largest absolute Gasteiger partial charge is 0.492 e. The van der Waals surface area contributed by atoms with Gasteiger partial charge < -0.3 is 15.8 Å². The van der Waals surface area contributed by atoms with Gasteiger partial charge in [0.05, 0.1) is 16.6 Å². The number of carbonyl (C=O) groups excluding carboxylic acids is 1. The molecule has 3 aromatic carbocycles. The van der Waals surface area contributed by atoms with Crippen molar-refractivity contribution in [1.82, 2.24) is 0 Å². The van der Waals surface area contributed by atoms with Gasteiger partial charge in [0.25, 0.3) is 0 Å². The summed E-state index contributed by atoms with van der Waals surface area (Å²) in [5.41, 5.74) is 8.77. The van der Waals surface area contributed by atoms with E-state index < -0.39 is 5.54 Å². The second-order valence-corrected chi connectivity index (χ2v) is 8.03. The van der Waals surface area contributed by atoms with E-state index in [0.29, 0.717) is 18.0 Å². The Morgan fingerprint density at radius 1 is 1.07 bits per heavy atom. The molecule has 149 valence electrons. The fourth-order valence-corrected chi connectivity index (χ4v) is 3.24. The van der Waals surface area contributed by atoms with E-state index in [-0.39, 0.29) is 5.91 Å². The fourth-order valence-electron chi connectivity index (χ4n) is 2.74. The number of rotatable bonds is 7. The lowest BCUT2D eigenvalue weighted by Crippen LogP contribution is -2.45. The second kappa shape index (κ2) is 9.25. The molecule has 0 aromatic heterocycles. The lowest BCUT2D eigenvalue weighted by atomic mass is 10.0. The van der Waals surface area contributed by atoms with Crippen LogP contribution in [0, 0.1) is 6.92 Å². The third-order valence-corrected chi connectivity index (χ3v) is 5.04. The van der Waals surface area contributed by atoms with Gasteiger partial charge in [0.15, 0.2) is 0 Å². The van der Waals surface area contributed by atoms with Gasteiger partial charge in [0.2, 0.25) is 5.91 Å². The molecule has 0 aliphatic heterocycles. The van der Waals surface area contributed by atoms with Crippen molar-refractivity contribution in [2.45, 2.75) is 18.9 Å². The van der Waals surface area contributed by atoms with Crippen LogP contribution in [0.15, 0.2) is 77.3 Å². The molecule has 1 radical (unpaired) electrons. The quantitative estimate of drug-likeness (QED) is 0.516. The van der Waals surface area contributed by atoms with Crippen LogP contribution in [0.5, 0.6) is 5.75 Å². The lowest BCUT2D eigenvalue weighted by Gasteiger charge is -2.18. The van der Waals surface area contributed by atoms with Crippen molar-refractivity contribution in [2.75, 3.05) is 11.9 Å². The monoisotopic (exact) mass is 451 g/mol. The van der Waals surface area contributed by atoms with Gasteiger partial charge in [-0.3, -0.25) is 4.79 Å². The highest BCUT2D eigenvalue weighted by Gasteiger charge is 2.22. The molecule has 0 saturated carbocycles. The number of nitrogens with one attached hydrogen (secondary N) is 1. The summed E-state index contributed by atoms with van der Waals surface area (Å²) in [6, 6.07) is 24.2. The minimum atomic E-state index is -1.18. The third-order valence-electron chi connectivity index (χ3n) is 4.42. The summed E-state index contributed by atoms with van der Waals surface area (Å²) < 4.78 is 6.65. The summed E-state index contributed by atoms with van der Waals surface area (Å²) in [5, 5.41) is 2.74. The maximum atomic E-state index is 11.9. The van der Waals surface area contributed by atoms with Gasteiger partial charge >= 0.3 is 0 Å². The standard InChI is InChI=1S/C24H24BrN2O2/c1-24(2,26)23(28)27-20-12-13-22(21(25)16-20)29-15-14-17-8-10-19(11-9-17)18-6-4-3-5-7-18/h3-13,16H,1,14-15,26H2,2H3,(H,27,28)/t24-/m0/s1. The molecule has 3 rings (SSSR count). The molecular weight excluding hydrogens is 428 g/mol. The van der Waals surface area contributed by atoms with Gasteiger partial charge in [-0.25, -0.2) is 0 Å². The number of anilines is 1. The average Bonchev–Trinajstić information content (AvgIpc) is 2.70. The highest BCUT2D eigenvalue weighted by Crippen LogP contribution is 2.28. The van der Waals surface area contributed by atoms with Crippen LogP contribution in [0.3, 0.4) is 0 Å². The summed E-state index contributed by atoms with van der Waals surface area (Å²) in [6.07, 6.45) is 0.799. The van der Waals surface area contributed by atoms with Crippen LogP contribution >= 0.6 is 15.9 Å². The Bertz CT molecular complexity index is 964. The highest BCUT2D eigenvalue weighted by atomic mass is 79.9. The van der Waals surface area contributed by atoms with E-state index in [1.54, 1.807) is 19.1 Å². The predicted molar refractivity (Wildman–Crippen MR) is 122 cm³/mol. The van der Waals surface area contributed by atoms with Gasteiger partial charge in [-0.05, 0) is 64.7 Å². The molecule has 5 heteroatoms. The van der Waals surface area contributed by atoms with Crippen LogP contribution in [0.1, 0.15) is 12.5 Å². The Morgan fingerprint density at radius 3 is 2.34 bits per heavy atom. The number of halogens is 1. The number of ether oxygens (including phenoxy) is 1. The lowest BCUT2D eigenvalue weighted by molar-refractivity contribution is -0.119. The number of hydrogen-bond donors (Lipinski definition) is 2. The maximum Gasteiger partial charge on any atom is 0.244 e. The van der Waals surface area contributed by atoms with Crippen molar-refractivity contribution in [3.8, 4) is 16.9 Å². The SMILES string of the molecule is [CH2][C@@](C)(N)C(=O)Nc1ccc(OCCc2ccc(-c3ccccc3)cc2)c(Br)c1. The van der Waals surface area contributed by atoms with Gasteiger partial charge in [-0.2, -0.15) is 0 Å². The number of benzene rings is 3. The van der Waals surface area contributed by atoms with Crippen molar-refractivity contribution < 1.29 is 9.53 Å². The van der Waals surface area contributed by atoms with Crippen LogP contribution < -0.4 is 15.8 Å². The number of hydrogen-bond acceptors (Lipinski definition) is 3. The molecule has 1 amide bonds. The number of nitrogens with two attached hydrogens (primary N) is 1. The molecule has 0 spiro atoms. The Labute approximate surface area is 180 Å². The Hall–Kier alpha value is -2.63. The highest BCUT2D eigenvalue weighted by molar-refractivity contribution is 9.10. The maximum absolute atomic E-state index is 11.9. The average molecular weight is 452 g/mol. The molecule has 3 N–H and O–H groups in total. The Morgan fingerprint density at radius 2 is 1.72 bits per heavy atom. The zero-order valence-corrected chi connectivity index (χ0v) is 17.9. The van der Waals surface area contributed by atoms with Gasteiger partial charge in [0, 0.05) is 12.1 Å². The summed E-state index contributed by atoms with van der Waals surface area (Å²) in [5.74, 6) is 0.367. The first-order chi connectivity index (χ1) is 13.8. The van der Waals surface area contributed by atoms with Crippen molar-refractivity contribution in [1.29, 1.82) is 0 Å². The molecule has 0 unspecified atom stereocenters. The van der Waals surface area contributed by atoms with Crippen LogP contribution in [0.25, 0.3) is 11.1 Å². The van der Waals surface area contributed by atoms with Crippen LogP contribution in [0.2, 0.25) is 0 Å². The fraction of sp³-hybridized carbons (Fsp3) is 0.167. The molecule has 0 aliphatic carbocycles. The smallest absolute Gasteiger partial charge is 0.244 e. The van der Waals surface area contributed by atoms with E-state index >= 15 is 0 Å². The van der Waals surface area contributed by atoms with Gasteiger partial charge in [0.1, 0.15) is 5.75 Å². The summed E-state index contributed by atoms with van der Waals surface area (Å²) in [6.45, 7) is 5.73. The van der Waals surface area contributed by atoms with E-state index in [2.05, 4.69) is 64.6 Å². The molecule has 0 aliphatic rings. The van der Waals surface area contributed by atoms with Crippen molar-refractivity contribution in [3.63, 3.8) is 0 Å². The molecule has 1 atom stereocenters. The zero-order chi connectivity index (χ0) is 20.9. The van der Waals surface area contributed by atoms with Crippen molar-refractivity contribution in [2.24, 2.45) is 5.73 Å². The molecule has 0 saturated heterocycles. The first-order valence-electron chi connectivity index (χ1n) is 9.35. The van der Waals surface area contributed by atoms with Gasteiger partial charge in [-0.15, -0.1) is 0 Å². The van der Waals surface area contributed by atoms with E-state index in [0.717, 1.165) is 10.9 Å². The molecule has 0 fully saturated rings. The van der Waals surface area contributed by atoms with Crippen molar-refractivity contribution >= 4 is 27.5 Å². The summed E-state index contributed by atoms with van der Waals surface area (Å²) in [7, 11) is 0. The van der Waals surface area contributed by atoms with E-state index in [4.69, 9.17) is 10.5 Å². The Kier molecular flexibility index (Phi) is 6.72. The number of amides is 1. The van der Waals surface area contributed by atoms with Crippen LogP contribution in [-0.2, 0) is 11.2 Å². The molecule has 0 heterocycles. The Balaban J connectivity index is 1.54. The van der Waals surface area contributed by atoms with E-state index in [1.807, 2.05) is 24.3 Å². The molecule has 4 nitrogen and oxygen atoms in total. The molecule has 0 bridgehead atoms. The minimum absolute atomic E-state index is 0.350. The zero-order valence-electron chi connectivity index (χ0n) is 16.3. The topological polar surface area (TPSA) is 64.4 Å². The molecule has 29 heavy (non-hydrogen) atoms. The summed E-state index contributed by atoms with van der Waals surface area (Å²) >= 11 is 3.49. The number of carbonyl (C=O) groups is 1. The normalized spacial score (nSPS) is 11.2. The van der Waals surface area contributed by atoms with Gasteiger partial charge in [-0.1, -0.05) is 54.6 Å². The summed E-state index contributed by atoms with van der Waals surface area (Å²) in [4.78, 5) is 11.9. The van der Waals surface area contributed by atoms with E-state index in [1.165, 1.54) is 16.7 Å². The first kappa shape index (κ1) is 21.1. The van der Waals surface area contributed by atoms with Crippen LogP contribution in [-0.4, -0.2) is 18.1 Å². The third kappa shape index (κ3) is 5.92. The molecule has 3 aromatic rings. The predicted octanol–water partition coefficient (Wildman–Crippen LogP) is 5.23. The van der Waals surface area contributed by atoms with E-state index in [9.17, 15) is 4.79 Å². The molecular formula is C24H24BrN2O2.